The van der Waals surface area contributed by atoms with Crippen molar-refractivity contribution >= 4 is 21.6 Å². The summed E-state index contributed by atoms with van der Waals surface area (Å²) in [7, 11) is -3.61. The molecule has 4 bridgehead atoms. The summed E-state index contributed by atoms with van der Waals surface area (Å²) < 4.78 is 34.7. The van der Waals surface area contributed by atoms with E-state index in [2.05, 4.69) is 4.72 Å². The van der Waals surface area contributed by atoms with Gasteiger partial charge in [-0.05, 0) is 93.9 Å². The number of amides is 1. The Labute approximate surface area is 179 Å². The number of ether oxygens (including phenoxy) is 1. The third-order valence-corrected chi connectivity index (χ3v) is 8.97. The van der Waals surface area contributed by atoms with Gasteiger partial charge < -0.3 is 9.64 Å². The second kappa shape index (κ2) is 7.61. The first-order chi connectivity index (χ1) is 14.3. The number of rotatable bonds is 7. The number of carbonyl (C=O) groups is 1. The molecule has 5 fully saturated rings. The maximum Gasteiger partial charge on any atom is 0.240 e. The topological polar surface area (TPSA) is 75.7 Å². The van der Waals surface area contributed by atoms with Crippen molar-refractivity contribution < 1.29 is 17.9 Å². The number of anilines is 1. The van der Waals surface area contributed by atoms with Crippen LogP contribution in [0.5, 0.6) is 0 Å². The van der Waals surface area contributed by atoms with Crippen molar-refractivity contribution in [3.05, 3.63) is 24.3 Å². The van der Waals surface area contributed by atoms with Gasteiger partial charge in [0.25, 0.3) is 0 Å². The highest BCUT2D eigenvalue weighted by molar-refractivity contribution is 7.89. The Bertz CT molecular complexity index is 876. The first-order valence-electron chi connectivity index (χ1n) is 11.4. The molecule has 1 amide bonds. The van der Waals surface area contributed by atoms with Crippen LogP contribution in [0.15, 0.2) is 29.2 Å². The Hall–Kier alpha value is -1.44. The van der Waals surface area contributed by atoms with Gasteiger partial charge in [0.1, 0.15) is 0 Å². The number of hydrogen-bond donors (Lipinski definition) is 1. The van der Waals surface area contributed by atoms with E-state index >= 15 is 0 Å². The Morgan fingerprint density at radius 3 is 2.23 bits per heavy atom. The van der Waals surface area contributed by atoms with Crippen molar-refractivity contribution in [3.8, 4) is 0 Å². The van der Waals surface area contributed by atoms with Crippen LogP contribution in [0.25, 0.3) is 0 Å². The second-order valence-corrected chi connectivity index (χ2v) is 11.8. The predicted octanol–water partition coefficient (Wildman–Crippen LogP) is 3.47. The summed E-state index contributed by atoms with van der Waals surface area (Å²) >= 11 is 0. The molecular formula is C23H32N2O4S. The average Bonchev–Trinajstić information content (AvgIpc) is 3.11. The van der Waals surface area contributed by atoms with Crippen LogP contribution in [0.1, 0.15) is 58.3 Å². The second-order valence-electron chi connectivity index (χ2n) is 10.0. The van der Waals surface area contributed by atoms with Crippen LogP contribution in [0.2, 0.25) is 0 Å². The third-order valence-electron chi connectivity index (χ3n) is 7.53. The van der Waals surface area contributed by atoms with Gasteiger partial charge in [0.2, 0.25) is 15.9 Å². The van der Waals surface area contributed by atoms with Crippen LogP contribution >= 0.6 is 0 Å². The minimum atomic E-state index is -3.61. The Kier molecular flexibility index (Phi) is 5.19. The van der Waals surface area contributed by atoms with Crippen LogP contribution < -0.4 is 9.62 Å². The number of nitrogens with one attached hydrogen (secondary N) is 1. The lowest BCUT2D eigenvalue weighted by Gasteiger charge is -2.57. The Balaban J connectivity index is 1.19. The van der Waals surface area contributed by atoms with E-state index in [1.54, 1.807) is 29.2 Å². The first kappa shape index (κ1) is 20.5. The number of carbonyl (C=O) groups excluding carboxylic acids is 1. The quantitative estimate of drug-likeness (QED) is 0.716. The number of benzene rings is 1. The van der Waals surface area contributed by atoms with Crippen LogP contribution in [0, 0.1) is 17.8 Å². The molecule has 1 atom stereocenters. The molecule has 1 saturated heterocycles. The molecule has 164 valence electrons. The van der Waals surface area contributed by atoms with E-state index in [1.165, 1.54) is 19.3 Å². The molecule has 5 aliphatic rings. The molecule has 1 aliphatic heterocycles. The van der Waals surface area contributed by atoms with Crippen molar-refractivity contribution in [3.63, 3.8) is 0 Å². The smallest absolute Gasteiger partial charge is 0.240 e. The summed E-state index contributed by atoms with van der Waals surface area (Å²) in [6.45, 7) is 2.95. The zero-order valence-electron chi connectivity index (χ0n) is 17.7. The standard InChI is InChI=1S/C23H32N2O4S/c1-16(29-23-12-17-9-18(13-23)11-19(10-17)14-23)15-24-30(27,28)21-6-4-20(5-7-21)25-8-2-3-22(25)26/h4-7,16-19,24H,2-3,8-15H2,1H3/t16-,17?,18?,19?,23?/m0/s1. The van der Waals surface area contributed by atoms with Crippen LogP contribution in [-0.4, -0.2) is 39.1 Å². The van der Waals surface area contributed by atoms with Crippen molar-refractivity contribution in [2.24, 2.45) is 17.8 Å². The summed E-state index contributed by atoms with van der Waals surface area (Å²) in [5, 5.41) is 0. The maximum absolute atomic E-state index is 12.8. The molecule has 0 aromatic heterocycles. The van der Waals surface area contributed by atoms with Crippen LogP contribution in [0.3, 0.4) is 0 Å². The Morgan fingerprint density at radius 2 is 1.70 bits per heavy atom. The molecule has 6 nitrogen and oxygen atoms in total. The average molecular weight is 433 g/mol. The van der Waals surface area contributed by atoms with Crippen LogP contribution in [0.4, 0.5) is 5.69 Å². The Morgan fingerprint density at radius 1 is 1.10 bits per heavy atom. The van der Waals surface area contributed by atoms with Gasteiger partial charge in [-0.1, -0.05) is 0 Å². The van der Waals surface area contributed by atoms with Crippen molar-refractivity contribution in [1.82, 2.24) is 4.72 Å². The molecule has 1 heterocycles. The number of sulfonamides is 1. The summed E-state index contributed by atoms with van der Waals surface area (Å²) in [5.41, 5.74) is 0.735. The van der Waals surface area contributed by atoms with E-state index in [0.717, 1.165) is 49.1 Å². The van der Waals surface area contributed by atoms with E-state index in [9.17, 15) is 13.2 Å². The van der Waals surface area contributed by atoms with Gasteiger partial charge in [0.05, 0.1) is 16.6 Å². The summed E-state index contributed by atoms with van der Waals surface area (Å²) in [5.74, 6) is 2.52. The largest absolute Gasteiger partial charge is 0.371 e. The zero-order chi connectivity index (χ0) is 20.9. The lowest BCUT2D eigenvalue weighted by Crippen LogP contribution is -2.53. The predicted molar refractivity (Wildman–Crippen MR) is 115 cm³/mol. The van der Waals surface area contributed by atoms with E-state index in [-0.39, 0.29) is 29.1 Å². The molecule has 1 N–H and O–H groups in total. The molecular weight excluding hydrogens is 400 g/mol. The fourth-order valence-electron chi connectivity index (χ4n) is 6.68. The van der Waals surface area contributed by atoms with Crippen molar-refractivity contribution in [2.45, 2.75) is 74.9 Å². The zero-order valence-corrected chi connectivity index (χ0v) is 18.5. The molecule has 1 aromatic rings. The van der Waals surface area contributed by atoms with E-state index in [4.69, 9.17) is 4.74 Å². The molecule has 0 unspecified atom stereocenters. The lowest BCUT2D eigenvalue weighted by atomic mass is 9.54. The summed E-state index contributed by atoms with van der Waals surface area (Å²) in [6, 6.07) is 6.59. The molecule has 0 spiro atoms. The molecule has 0 radical (unpaired) electrons. The lowest BCUT2D eigenvalue weighted by molar-refractivity contribution is -0.182. The van der Waals surface area contributed by atoms with E-state index in [0.29, 0.717) is 13.0 Å². The molecule has 7 heteroatoms. The molecule has 4 aliphatic carbocycles. The first-order valence-corrected chi connectivity index (χ1v) is 12.9. The van der Waals surface area contributed by atoms with Crippen LogP contribution in [-0.2, 0) is 19.6 Å². The molecule has 6 rings (SSSR count). The highest BCUT2D eigenvalue weighted by Gasteiger charge is 2.52. The van der Waals surface area contributed by atoms with Gasteiger partial charge in [-0.3, -0.25) is 4.79 Å². The minimum absolute atomic E-state index is 0.0243. The number of nitrogens with zero attached hydrogens (tertiary/aromatic N) is 1. The molecule has 4 saturated carbocycles. The maximum atomic E-state index is 12.8. The van der Waals surface area contributed by atoms with Gasteiger partial charge in [-0.25, -0.2) is 13.1 Å². The fourth-order valence-corrected chi connectivity index (χ4v) is 7.80. The van der Waals surface area contributed by atoms with Crippen molar-refractivity contribution in [2.75, 3.05) is 18.0 Å². The normalized spacial score (nSPS) is 34.0. The highest BCUT2D eigenvalue weighted by atomic mass is 32.2. The third kappa shape index (κ3) is 3.92. The summed E-state index contributed by atoms with van der Waals surface area (Å²) in [4.78, 5) is 13.8. The molecule has 30 heavy (non-hydrogen) atoms. The van der Waals surface area contributed by atoms with E-state index in [1.807, 2.05) is 6.92 Å². The fraction of sp³-hybridized carbons (Fsp3) is 0.696. The minimum Gasteiger partial charge on any atom is -0.371 e. The van der Waals surface area contributed by atoms with E-state index < -0.39 is 10.0 Å². The van der Waals surface area contributed by atoms with Gasteiger partial charge >= 0.3 is 0 Å². The molecule has 1 aromatic carbocycles. The SMILES string of the molecule is C[C@@H](CNS(=O)(=O)c1ccc(N2CCCC2=O)cc1)OC12CC3CC(CC(C3)C1)C2. The van der Waals surface area contributed by atoms with Gasteiger partial charge in [0, 0.05) is 25.2 Å². The summed E-state index contributed by atoms with van der Waals surface area (Å²) in [6.07, 6.45) is 8.78. The van der Waals surface area contributed by atoms with Gasteiger partial charge in [-0.15, -0.1) is 0 Å². The van der Waals surface area contributed by atoms with Crippen molar-refractivity contribution in [1.29, 1.82) is 0 Å². The van der Waals surface area contributed by atoms with Gasteiger partial charge in [-0.2, -0.15) is 0 Å². The highest BCUT2D eigenvalue weighted by Crippen LogP contribution is 2.57. The van der Waals surface area contributed by atoms with Gasteiger partial charge in [0.15, 0.2) is 0 Å². The monoisotopic (exact) mass is 432 g/mol. The number of hydrogen-bond acceptors (Lipinski definition) is 4.